The van der Waals surface area contributed by atoms with Crippen LogP contribution < -0.4 is 0 Å². The lowest BCUT2D eigenvalue weighted by Crippen LogP contribution is -2.40. The smallest absolute Gasteiger partial charge is 0.120 e. The van der Waals surface area contributed by atoms with E-state index in [1.54, 1.807) is 0 Å². The summed E-state index contributed by atoms with van der Waals surface area (Å²) in [6.07, 6.45) is 6.56. The summed E-state index contributed by atoms with van der Waals surface area (Å²) in [7, 11) is 6.81. The van der Waals surface area contributed by atoms with E-state index < -0.39 is 0 Å². The predicted molar refractivity (Wildman–Crippen MR) is 52.1 cm³/mol. The van der Waals surface area contributed by atoms with E-state index in [1.165, 1.54) is 17.0 Å². The van der Waals surface area contributed by atoms with Crippen molar-refractivity contribution in [2.24, 2.45) is 0 Å². The minimum Gasteiger partial charge on any atom is -0.538 e. The first-order valence-electron chi connectivity index (χ1n) is 4.36. The van der Waals surface area contributed by atoms with Gasteiger partial charge in [-0.15, -0.1) is 0 Å². The molecule has 0 aromatic carbocycles. The lowest BCUT2D eigenvalue weighted by atomic mass is 9.71. The highest BCUT2D eigenvalue weighted by Crippen LogP contribution is 2.32. The number of hydrogen-bond donors (Lipinski definition) is 0. The normalized spacial score (nSPS) is 26.4. The molecular formula is C10H14BN+. The van der Waals surface area contributed by atoms with Crippen LogP contribution in [0.15, 0.2) is 23.2 Å². The van der Waals surface area contributed by atoms with Gasteiger partial charge in [0.2, 0.25) is 0 Å². The second-order valence-electron chi connectivity index (χ2n) is 4.21. The molecule has 3 radical (unpaired) electrons. The highest BCUT2D eigenvalue weighted by atomic mass is 15.2. The number of rotatable bonds is 0. The van der Waals surface area contributed by atoms with Crippen LogP contribution in [-0.4, -0.2) is 32.4 Å². The predicted octanol–water partition coefficient (Wildman–Crippen LogP) is 1.32. The summed E-state index contributed by atoms with van der Waals surface area (Å²) >= 11 is 0. The minimum absolute atomic E-state index is 0.986. The van der Waals surface area contributed by atoms with Gasteiger partial charge < -0.3 is 4.39 Å². The molecule has 0 atom stereocenters. The summed E-state index contributed by atoms with van der Waals surface area (Å²) in [6.45, 7) is 3.32. The summed E-state index contributed by atoms with van der Waals surface area (Å²) in [4.78, 5) is 0. The topological polar surface area (TPSA) is 0 Å². The van der Waals surface area contributed by atoms with Gasteiger partial charge in [-0.25, -0.2) is 0 Å². The lowest BCUT2D eigenvalue weighted by Gasteiger charge is -2.35. The van der Waals surface area contributed by atoms with Crippen LogP contribution in [0.25, 0.3) is 0 Å². The van der Waals surface area contributed by atoms with E-state index in [0.717, 1.165) is 10.9 Å². The fourth-order valence-electron chi connectivity index (χ4n) is 1.90. The average Bonchev–Trinajstić information content (AvgIpc) is 2.25. The molecule has 0 aromatic heterocycles. The molecular weight excluding hydrogens is 145 g/mol. The Bertz CT molecular complexity index is 263. The molecule has 0 fully saturated rings. The van der Waals surface area contributed by atoms with Crippen LogP contribution in [0.1, 0.15) is 6.92 Å². The molecule has 12 heavy (non-hydrogen) atoms. The molecule has 0 aromatic rings. The van der Waals surface area contributed by atoms with E-state index in [2.05, 4.69) is 47.0 Å². The fraction of sp³-hybridized carbons (Fsp3) is 0.400. The van der Waals surface area contributed by atoms with Crippen LogP contribution in [0.4, 0.5) is 0 Å². The Labute approximate surface area is 75.6 Å². The Morgan fingerprint density at radius 1 is 1.50 bits per heavy atom. The third kappa shape index (κ3) is 1.20. The van der Waals surface area contributed by atoms with Gasteiger partial charge in [0.25, 0.3) is 0 Å². The fourth-order valence-corrected chi connectivity index (χ4v) is 1.90. The zero-order chi connectivity index (χ0) is 8.77. The zero-order valence-corrected chi connectivity index (χ0v) is 7.96. The molecule has 0 saturated carbocycles. The molecule has 2 heteroatoms. The van der Waals surface area contributed by atoms with Gasteiger partial charge >= 0.3 is 0 Å². The number of quaternary nitrogens is 1. The Morgan fingerprint density at radius 3 is 2.92 bits per heavy atom. The maximum absolute atomic E-state index is 2.34. The largest absolute Gasteiger partial charge is 0.538 e. The Hall–Kier alpha value is -0.625. The van der Waals surface area contributed by atoms with E-state index in [4.69, 9.17) is 0 Å². The first-order chi connectivity index (χ1) is 5.58. The summed E-state index contributed by atoms with van der Waals surface area (Å²) in [5, 5.41) is 0. The molecule has 0 amide bonds. The van der Waals surface area contributed by atoms with Crippen molar-refractivity contribution >= 4 is 7.41 Å². The second kappa shape index (κ2) is 2.43. The summed E-state index contributed by atoms with van der Waals surface area (Å²) in [5.74, 6) is 1.40. The van der Waals surface area contributed by atoms with Gasteiger partial charge in [-0.2, -0.15) is 0 Å². The van der Waals surface area contributed by atoms with Gasteiger partial charge in [-0.05, 0) is 11.5 Å². The van der Waals surface area contributed by atoms with Crippen molar-refractivity contribution in [2.45, 2.75) is 6.92 Å². The highest BCUT2D eigenvalue weighted by Gasteiger charge is 2.31. The minimum atomic E-state index is 0.986. The lowest BCUT2D eigenvalue weighted by molar-refractivity contribution is -0.768. The summed E-state index contributed by atoms with van der Waals surface area (Å²) in [6, 6.07) is 0. The Morgan fingerprint density at radius 2 is 2.25 bits per heavy atom. The second-order valence-corrected chi connectivity index (χ2v) is 4.21. The monoisotopic (exact) mass is 159 g/mol. The maximum atomic E-state index is 2.34. The average molecular weight is 159 g/mol. The number of hydrogen-bond acceptors (Lipinski definition) is 0. The SMILES string of the molecule is C[C+]1[CH]C=CC2=C1[B-][N+](C)(C)C2. The van der Waals surface area contributed by atoms with Crippen LogP contribution in [0.3, 0.4) is 0 Å². The first-order valence-corrected chi connectivity index (χ1v) is 4.36. The van der Waals surface area contributed by atoms with Gasteiger partial charge in [0.15, 0.2) is 0 Å². The van der Waals surface area contributed by atoms with E-state index in [9.17, 15) is 0 Å². The first kappa shape index (κ1) is 8.00. The Kier molecular flexibility index (Phi) is 1.62. The molecule has 0 saturated heterocycles. The maximum Gasteiger partial charge on any atom is 0.120 e. The standard InChI is InChI=1S/C10H14BN/c1-8-5-4-6-9-7-12(2,3)11-10(8)9/h4-6H,7H2,1-3H3/q+1. The third-order valence-electron chi connectivity index (χ3n) is 2.47. The van der Waals surface area contributed by atoms with Crippen molar-refractivity contribution in [2.75, 3.05) is 20.6 Å². The van der Waals surface area contributed by atoms with E-state index >= 15 is 0 Å². The van der Waals surface area contributed by atoms with Crippen LogP contribution in [-0.2, 0) is 0 Å². The van der Waals surface area contributed by atoms with Gasteiger partial charge in [-0.3, -0.25) is 0 Å². The molecule has 0 N–H and O–H groups in total. The van der Waals surface area contributed by atoms with Crippen molar-refractivity contribution < 1.29 is 4.39 Å². The zero-order valence-electron chi connectivity index (χ0n) is 7.96. The van der Waals surface area contributed by atoms with Gasteiger partial charge in [0.1, 0.15) is 6.54 Å². The van der Waals surface area contributed by atoms with Gasteiger partial charge in [0, 0.05) is 33.0 Å². The van der Waals surface area contributed by atoms with Crippen LogP contribution >= 0.6 is 0 Å². The molecule has 0 unspecified atom stereocenters. The van der Waals surface area contributed by atoms with Crippen LogP contribution in [0.2, 0.25) is 0 Å². The molecule has 1 nitrogen and oxygen atoms in total. The number of allylic oxidation sites excluding steroid dienone is 2. The van der Waals surface area contributed by atoms with Gasteiger partial charge in [-0.1, -0.05) is 0 Å². The summed E-state index contributed by atoms with van der Waals surface area (Å²) < 4.78 is 0.986. The van der Waals surface area contributed by atoms with Crippen molar-refractivity contribution in [1.82, 2.24) is 0 Å². The molecule has 2 rings (SSSR count). The van der Waals surface area contributed by atoms with Crippen molar-refractivity contribution in [3.63, 3.8) is 0 Å². The quantitative estimate of drug-likeness (QED) is 0.369. The van der Waals surface area contributed by atoms with E-state index in [0.29, 0.717) is 0 Å². The van der Waals surface area contributed by atoms with Crippen molar-refractivity contribution in [1.29, 1.82) is 0 Å². The van der Waals surface area contributed by atoms with E-state index in [-0.39, 0.29) is 0 Å². The molecule has 0 spiro atoms. The molecule has 1 aliphatic carbocycles. The van der Waals surface area contributed by atoms with E-state index in [1.807, 2.05) is 0 Å². The third-order valence-corrected chi connectivity index (χ3v) is 2.47. The number of likely N-dealkylation sites (N-methyl/N-ethyl adjacent to an activating group) is 1. The van der Waals surface area contributed by atoms with Crippen LogP contribution in [0, 0.1) is 12.3 Å². The highest BCUT2D eigenvalue weighted by molar-refractivity contribution is 6.40. The molecule has 2 aliphatic rings. The number of nitrogens with zero attached hydrogens (tertiary/aromatic N) is 1. The molecule has 1 aliphatic heterocycles. The molecule has 61 valence electrons. The summed E-state index contributed by atoms with van der Waals surface area (Å²) in [5.41, 5.74) is 2.93. The molecule has 0 bridgehead atoms. The van der Waals surface area contributed by atoms with Crippen LogP contribution in [0.5, 0.6) is 0 Å². The van der Waals surface area contributed by atoms with Gasteiger partial charge in [0.05, 0.1) is 19.4 Å². The van der Waals surface area contributed by atoms with Crippen molar-refractivity contribution in [3.05, 3.63) is 35.5 Å². The Balaban J connectivity index is 2.27. The van der Waals surface area contributed by atoms with Crippen molar-refractivity contribution in [3.8, 4) is 0 Å². The molecule has 1 heterocycles.